The molecule has 1 aromatic heterocycles. The van der Waals surface area contributed by atoms with Crippen molar-refractivity contribution in [1.82, 2.24) is 14.1 Å². The van der Waals surface area contributed by atoms with Gasteiger partial charge in [0.25, 0.3) is 5.91 Å². The van der Waals surface area contributed by atoms with Crippen LogP contribution < -0.4 is 11.1 Å². The van der Waals surface area contributed by atoms with Crippen molar-refractivity contribution in [2.24, 2.45) is 11.7 Å². The summed E-state index contributed by atoms with van der Waals surface area (Å²) in [6.45, 7) is 0.653. The van der Waals surface area contributed by atoms with Crippen LogP contribution in [0.2, 0.25) is 0 Å². The second-order valence-electron chi connectivity index (χ2n) is 6.51. The molecule has 1 fully saturated rings. The van der Waals surface area contributed by atoms with E-state index in [1.807, 2.05) is 0 Å². The Kier molecular flexibility index (Phi) is 5.29. The molecule has 2 heterocycles. The van der Waals surface area contributed by atoms with Crippen LogP contribution >= 0.6 is 0 Å². The smallest absolute Gasteiger partial charge is 0.269 e. The molecule has 1 unspecified atom stereocenters. The van der Waals surface area contributed by atoms with Crippen LogP contribution in [-0.4, -0.2) is 53.7 Å². The van der Waals surface area contributed by atoms with Crippen LogP contribution in [0.15, 0.2) is 36.5 Å². The van der Waals surface area contributed by atoms with E-state index in [2.05, 4.69) is 10.4 Å². The predicted molar refractivity (Wildman–Crippen MR) is 99.9 cm³/mol. The molecule has 9 nitrogen and oxygen atoms in total. The van der Waals surface area contributed by atoms with Crippen molar-refractivity contribution in [1.29, 1.82) is 0 Å². The van der Waals surface area contributed by atoms with Gasteiger partial charge in [-0.3, -0.25) is 9.59 Å². The molecule has 3 rings (SSSR count). The molecule has 2 aromatic rings. The third kappa shape index (κ3) is 4.52. The Bertz CT molecular complexity index is 952. The predicted octanol–water partition coefficient (Wildman–Crippen LogP) is 0.581. The Balaban J connectivity index is 1.65. The molecular weight excluding hydrogens is 370 g/mol. The monoisotopic (exact) mass is 391 g/mol. The lowest BCUT2D eigenvalue weighted by Crippen LogP contribution is -2.43. The van der Waals surface area contributed by atoms with Crippen molar-refractivity contribution >= 4 is 27.5 Å². The van der Waals surface area contributed by atoms with E-state index in [0.29, 0.717) is 30.8 Å². The highest BCUT2D eigenvalue weighted by molar-refractivity contribution is 7.88. The molecule has 1 aliphatic rings. The first-order valence-corrected chi connectivity index (χ1v) is 10.3. The number of anilines is 1. The van der Waals surface area contributed by atoms with E-state index in [1.54, 1.807) is 30.5 Å². The van der Waals surface area contributed by atoms with Gasteiger partial charge in [0.05, 0.1) is 17.9 Å². The molecule has 144 valence electrons. The summed E-state index contributed by atoms with van der Waals surface area (Å²) in [5.41, 5.74) is 6.66. The van der Waals surface area contributed by atoms with Crippen molar-refractivity contribution in [3.05, 3.63) is 42.2 Å². The number of amides is 2. The Morgan fingerprint density at radius 2 is 1.93 bits per heavy atom. The minimum Gasteiger partial charge on any atom is -0.364 e. The lowest BCUT2D eigenvalue weighted by Gasteiger charge is -2.30. The number of carbonyl (C=O) groups is 2. The van der Waals surface area contributed by atoms with Gasteiger partial charge in [0.1, 0.15) is 5.69 Å². The number of nitrogens with one attached hydrogen (secondary N) is 1. The fourth-order valence-electron chi connectivity index (χ4n) is 3.00. The van der Waals surface area contributed by atoms with Crippen molar-refractivity contribution in [2.45, 2.75) is 12.8 Å². The summed E-state index contributed by atoms with van der Waals surface area (Å²) < 4.78 is 26.2. The summed E-state index contributed by atoms with van der Waals surface area (Å²) >= 11 is 0. The van der Waals surface area contributed by atoms with E-state index in [4.69, 9.17) is 5.73 Å². The van der Waals surface area contributed by atoms with Gasteiger partial charge in [-0.2, -0.15) is 5.10 Å². The van der Waals surface area contributed by atoms with Gasteiger partial charge in [-0.05, 0) is 43.2 Å². The molecular formula is C17H21N5O4S. The molecule has 0 spiro atoms. The normalized spacial score (nSPS) is 18.2. The SMILES string of the molecule is CS(=O)(=O)N1CCCC(C(=O)Nc2ccc(-n3ccc(C(N)=O)n3)cc2)C1. The lowest BCUT2D eigenvalue weighted by molar-refractivity contribution is -0.120. The zero-order valence-electron chi connectivity index (χ0n) is 14.8. The van der Waals surface area contributed by atoms with Crippen molar-refractivity contribution in [2.75, 3.05) is 24.7 Å². The highest BCUT2D eigenvalue weighted by Crippen LogP contribution is 2.21. The minimum atomic E-state index is -3.29. The first-order valence-electron chi connectivity index (χ1n) is 8.46. The van der Waals surface area contributed by atoms with E-state index >= 15 is 0 Å². The molecule has 1 atom stereocenters. The maximum Gasteiger partial charge on any atom is 0.269 e. The van der Waals surface area contributed by atoms with Crippen molar-refractivity contribution < 1.29 is 18.0 Å². The van der Waals surface area contributed by atoms with Gasteiger partial charge < -0.3 is 11.1 Å². The summed E-state index contributed by atoms with van der Waals surface area (Å²) in [5.74, 6) is -1.18. The third-order valence-electron chi connectivity index (χ3n) is 4.46. The number of aromatic nitrogens is 2. The van der Waals surface area contributed by atoms with Gasteiger partial charge in [0, 0.05) is 25.0 Å². The summed E-state index contributed by atoms with van der Waals surface area (Å²) in [7, 11) is -3.29. The number of piperidine rings is 1. The first-order chi connectivity index (χ1) is 12.7. The fourth-order valence-corrected chi connectivity index (χ4v) is 3.91. The Morgan fingerprint density at radius 1 is 1.22 bits per heavy atom. The van der Waals surface area contributed by atoms with E-state index in [-0.39, 0.29) is 24.1 Å². The second kappa shape index (κ2) is 7.49. The number of carbonyl (C=O) groups excluding carboxylic acids is 2. The quantitative estimate of drug-likeness (QED) is 0.771. The van der Waals surface area contributed by atoms with Crippen molar-refractivity contribution in [3.63, 3.8) is 0 Å². The van der Waals surface area contributed by atoms with E-state index in [1.165, 1.54) is 15.1 Å². The zero-order valence-corrected chi connectivity index (χ0v) is 15.6. The zero-order chi connectivity index (χ0) is 19.6. The van der Waals surface area contributed by atoms with Crippen LogP contribution in [0, 0.1) is 5.92 Å². The maximum absolute atomic E-state index is 12.5. The van der Waals surface area contributed by atoms with Crippen molar-refractivity contribution in [3.8, 4) is 5.69 Å². The molecule has 1 saturated heterocycles. The van der Waals surface area contributed by atoms with E-state index in [9.17, 15) is 18.0 Å². The number of hydrogen-bond donors (Lipinski definition) is 2. The highest BCUT2D eigenvalue weighted by atomic mass is 32.2. The fraction of sp³-hybridized carbons (Fsp3) is 0.353. The first kappa shape index (κ1) is 19.1. The second-order valence-corrected chi connectivity index (χ2v) is 8.49. The van der Waals surface area contributed by atoms with Gasteiger partial charge in [-0.15, -0.1) is 0 Å². The van der Waals surface area contributed by atoms with Crippen LogP contribution in [0.25, 0.3) is 5.69 Å². The van der Waals surface area contributed by atoms with Gasteiger partial charge in [0.2, 0.25) is 15.9 Å². The number of primary amides is 1. The molecule has 0 aliphatic carbocycles. The molecule has 0 radical (unpaired) electrons. The topological polar surface area (TPSA) is 127 Å². The van der Waals surface area contributed by atoms with E-state index in [0.717, 1.165) is 6.26 Å². The van der Waals surface area contributed by atoms with Gasteiger partial charge in [-0.25, -0.2) is 17.4 Å². The Labute approximate surface area is 157 Å². The van der Waals surface area contributed by atoms with Crippen LogP contribution in [0.4, 0.5) is 5.69 Å². The minimum absolute atomic E-state index is 0.167. The number of nitrogens with zero attached hydrogens (tertiary/aromatic N) is 3. The summed E-state index contributed by atoms with van der Waals surface area (Å²) in [5, 5.41) is 6.89. The Morgan fingerprint density at radius 3 is 2.52 bits per heavy atom. The number of benzene rings is 1. The molecule has 0 saturated carbocycles. The lowest BCUT2D eigenvalue weighted by atomic mass is 9.98. The Hall–Kier alpha value is -2.72. The summed E-state index contributed by atoms with van der Waals surface area (Å²) in [6, 6.07) is 8.45. The third-order valence-corrected chi connectivity index (χ3v) is 5.73. The number of sulfonamides is 1. The van der Waals surface area contributed by atoms with E-state index < -0.39 is 15.9 Å². The molecule has 10 heteroatoms. The van der Waals surface area contributed by atoms with Gasteiger partial charge in [0.15, 0.2) is 0 Å². The largest absolute Gasteiger partial charge is 0.364 e. The summed E-state index contributed by atoms with van der Waals surface area (Å²) in [4.78, 5) is 23.6. The molecule has 1 aromatic carbocycles. The summed E-state index contributed by atoms with van der Waals surface area (Å²) in [6.07, 6.45) is 4.09. The molecule has 1 aliphatic heterocycles. The van der Waals surface area contributed by atoms with Crippen LogP contribution in [0.1, 0.15) is 23.3 Å². The number of rotatable bonds is 5. The van der Waals surface area contributed by atoms with Crippen LogP contribution in [0.5, 0.6) is 0 Å². The van der Waals surface area contributed by atoms with Gasteiger partial charge >= 0.3 is 0 Å². The average molecular weight is 391 g/mol. The van der Waals surface area contributed by atoms with Gasteiger partial charge in [-0.1, -0.05) is 0 Å². The molecule has 2 amide bonds. The van der Waals surface area contributed by atoms with Crippen LogP contribution in [-0.2, 0) is 14.8 Å². The average Bonchev–Trinajstić information content (AvgIpc) is 3.12. The van der Waals surface area contributed by atoms with Crippen LogP contribution in [0.3, 0.4) is 0 Å². The highest BCUT2D eigenvalue weighted by Gasteiger charge is 2.30. The number of hydrogen-bond acceptors (Lipinski definition) is 5. The maximum atomic E-state index is 12.5. The number of nitrogens with two attached hydrogens (primary N) is 1. The molecule has 0 bridgehead atoms. The standard InChI is InChI=1S/C17H21N5O4S/c1-27(25,26)21-9-2-3-12(11-21)17(24)19-13-4-6-14(7-5-13)22-10-8-15(20-22)16(18)23/h4-8,10,12H,2-3,9,11H2,1H3,(H2,18,23)(H,19,24). The molecule has 3 N–H and O–H groups in total. The molecule has 27 heavy (non-hydrogen) atoms.